The summed E-state index contributed by atoms with van der Waals surface area (Å²) in [6.07, 6.45) is 13.4. The van der Waals surface area contributed by atoms with E-state index in [0.29, 0.717) is 18.0 Å². The Kier molecular flexibility index (Phi) is 9.59. The molecule has 1 atom stereocenters. The van der Waals surface area contributed by atoms with Crippen LogP contribution in [0.3, 0.4) is 0 Å². The standard InChI is InChI=1S/C21H39NO/c1-6-8-10-12-14-19-16-18(5)22(17(3)4)21(23)20(19)15-13-11-9-7-2/h17-18H,6-16H2,1-5H3. The van der Waals surface area contributed by atoms with Crippen LogP contribution >= 0.6 is 0 Å². The summed E-state index contributed by atoms with van der Waals surface area (Å²) in [6, 6.07) is 0.674. The van der Waals surface area contributed by atoms with Crippen LogP contribution in [-0.4, -0.2) is 22.9 Å². The van der Waals surface area contributed by atoms with Crippen molar-refractivity contribution in [3.63, 3.8) is 0 Å². The molecule has 2 nitrogen and oxygen atoms in total. The monoisotopic (exact) mass is 321 g/mol. The van der Waals surface area contributed by atoms with Crippen molar-refractivity contribution in [3.05, 3.63) is 11.1 Å². The average molecular weight is 322 g/mol. The minimum Gasteiger partial charge on any atom is -0.333 e. The Morgan fingerprint density at radius 3 is 2.04 bits per heavy atom. The fourth-order valence-corrected chi connectivity index (χ4v) is 3.86. The highest BCUT2D eigenvalue weighted by atomic mass is 16.2. The first-order valence-electron chi connectivity index (χ1n) is 10.1. The molecule has 1 heterocycles. The van der Waals surface area contributed by atoms with Crippen LogP contribution in [0.2, 0.25) is 0 Å². The maximum Gasteiger partial charge on any atom is 0.250 e. The third kappa shape index (κ3) is 6.31. The molecule has 0 aromatic carbocycles. The van der Waals surface area contributed by atoms with Gasteiger partial charge in [0.15, 0.2) is 0 Å². The lowest BCUT2D eigenvalue weighted by atomic mass is 9.87. The molecule has 23 heavy (non-hydrogen) atoms. The lowest BCUT2D eigenvalue weighted by Crippen LogP contribution is -2.47. The van der Waals surface area contributed by atoms with Gasteiger partial charge in [-0.05, 0) is 52.9 Å². The Hall–Kier alpha value is -0.790. The van der Waals surface area contributed by atoms with Gasteiger partial charge in [0, 0.05) is 17.7 Å². The Bertz CT molecular complexity index is 383. The fourth-order valence-electron chi connectivity index (χ4n) is 3.86. The van der Waals surface area contributed by atoms with Crippen molar-refractivity contribution in [2.75, 3.05) is 0 Å². The molecule has 134 valence electrons. The molecule has 1 unspecified atom stereocenters. The van der Waals surface area contributed by atoms with E-state index in [4.69, 9.17) is 0 Å². The van der Waals surface area contributed by atoms with Crippen molar-refractivity contribution >= 4 is 5.91 Å². The lowest BCUT2D eigenvalue weighted by Gasteiger charge is -2.39. The molecule has 0 radical (unpaired) electrons. The fraction of sp³-hybridized carbons (Fsp3) is 0.857. The minimum atomic E-state index is 0.310. The molecule has 1 amide bonds. The van der Waals surface area contributed by atoms with Gasteiger partial charge in [-0.25, -0.2) is 0 Å². The van der Waals surface area contributed by atoms with Gasteiger partial charge in [-0.2, -0.15) is 0 Å². The van der Waals surface area contributed by atoms with Gasteiger partial charge in [0.25, 0.3) is 0 Å². The van der Waals surface area contributed by atoms with E-state index in [2.05, 4.69) is 39.5 Å². The molecule has 0 saturated carbocycles. The molecule has 0 fully saturated rings. The number of hydrogen-bond acceptors (Lipinski definition) is 1. The van der Waals surface area contributed by atoms with Crippen LogP contribution in [0.15, 0.2) is 11.1 Å². The van der Waals surface area contributed by atoms with E-state index in [1.807, 2.05) is 0 Å². The summed E-state index contributed by atoms with van der Waals surface area (Å²) in [4.78, 5) is 15.1. The number of amides is 1. The van der Waals surface area contributed by atoms with Crippen LogP contribution in [0, 0.1) is 0 Å². The molecule has 0 aromatic heterocycles. The summed E-state index contributed by atoms with van der Waals surface area (Å²) < 4.78 is 0. The molecule has 1 aliphatic heterocycles. The second kappa shape index (κ2) is 10.9. The lowest BCUT2D eigenvalue weighted by molar-refractivity contribution is -0.132. The third-order valence-electron chi connectivity index (χ3n) is 5.10. The third-order valence-corrected chi connectivity index (χ3v) is 5.10. The van der Waals surface area contributed by atoms with Crippen LogP contribution in [0.4, 0.5) is 0 Å². The Morgan fingerprint density at radius 2 is 1.52 bits per heavy atom. The molecule has 1 aliphatic rings. The first kappa shape index (κ1) is 20.3. The van der Waals surface area contributed by atoms with Gasteiger partial charge in [0.1, 0.15) is 0 Å². The highest BCUT2D eigenvalue weighted by molar-refractivity contribution is 5.95. The number of nitrogens with zero attached hydrogens (tertiary/aromatic N) is 1. The summed E-state index contributed by atoms with van der Waals surface area (Å²) in [5.41, 5.74) is 2.65. The predicted molar refractivity (Wildman–Crippen MR) is 101 cm³/mol. The summed E-state index contributed by atoms with van der Waals surface area (Å²) in [6.45, 7) is 11.0. The van der Waals surface area contributed by atoms with E-state index in [1.165, 1.54) is 62.5 Å². The van der Waals surface area contributed by atoms with Gasteiger partial charge in [-0.3, -0.25) is 4.79 Å². The van der Waals surface area contributed by atoms with Crippen LogP contribution in [0.1, 0.15) is 105 Å². The minimum absolute atomic E-state index is 0.310. The summed E-state index contributed by atoms with van der Waals surface area (Å²) in [5.74, 6) is 0.334. The highest BCUT2D eigenvalue weighted by Crippen LogP contribution is 2.32. The second-order valence-corrected chi connectivity index (χ2v) is 7.56. The van der Waals surface area contributed by atoms with Gasteiger partial charge in [-0.15, -0.1) is 0 Å². The van der Waals surface area contributed by atoms with Crippen LogP contribution in [0.25, 0.3) is 0 Å². The number of carbonyl (C=O) groups is 1. The zero-order valence-corrected chi connectivity index (χ0v) is 16.3. The average Bonchev–Trinajstić information content (AvgIpc) is 2.49. The summed E-state index contributed by atoms with van der Waals surface area (Å²) >= 11 is 0. The SMILES string of the molecule is CCCCCCC1=C(CCCCCC)C(=O)N(C(C)C)C(C)C1. The van der Waals surface area contributed by atoms with Crippen LogP contribution in [0.5, 0.6) is 0 Å². The number of carbonyl (C=O) groups excluding carboxylic acids is 1. The predicted octanol–water partition coefficient (Wildman–Crippen LogP) is 6.25. The van der Waals surface area contributed by atoms with Crippen molar-refractivity contribution in [1.29, 1.82) is 0 Å². The van der Waals surface area contributed by atoms with Gasteiger partial charge in [-0.1, -0.05) is 57.9 Å². The molecule has 1 rings (SSSR count). The van der Waals surface area contributed by atoms with Crippen molar-refractivity contribution in [3.8, 4) is 0 Å². The molecule has 0 N–H and O–H groups in total. The molecule has 0 saturated heterocycles. The molecule has 0 bridgehead atoms. The maximum absolute atomic E-state index is 13.0. The van der Waals surface area contributed by atoms with E-state index in [0.717, 1.165) is 19.3 Å². The molecule has 0 aliphatic carbocycles. The Morgan fingerprint density at radius 1 is 0.957 bits per heavy atom. The zero-order valence-electron chi connectivity index (χ0n) is 16.3. The number of unbranched alkanes of at least 4 members (excludes halogenated alkanes) is 6. The first-order valence-corrected chi connectivity index (χ1v) is 10.1. The molecule has 0 aromatic rings. The summed E-state index contributed by atoms with van der Waals surface area (Å²) in [7, 11) is 0. The summed E-state index contributed by atoms with van der Waals surface area (Å²) in [5, 5.41) is 0. The molecule has 2 heteroatoms. The van der Waals surface area contributed by atoms with Crippen molar-refractivity contribution in [2.45, 2.75) is 117 Å². The number of rotatable bonds is 11. The normalized spacial score (nSPS) is 19.1. The van der Waals surface area contributed by atoms with E-state index in [1.54, 1.807) is 0 Å². The zero-order chi connectivity index (χ0) is 17.2. The van der Waals surface area contributed by atoms with E-state index >= 15 is 0 Å². The van der Waals surface area contributed by atoms with Gasteiger partial charge >= 0.3 is 0 Å². The molecular weight excluding hydrogens is 282 g/mol. The van der Waals surface area contributed by atoms with Crippen molar-refractivity contribution in [1.82, 2.24) is 4.90 Å². The number of hydrogen-bond donors (Lipinski definition) is 0. The largest absolute Gasteiger partial charge is 0.333 e. The van der Waals surface area contributed by atoms with Gasteiger partial charge < -0.3 is 4.90 Å². The Labute approximate surface area is 144 Å². The first-order chi connectivity index (χ1) is 11.0. The van der Waals surface area contributed by atoms with Crippen molar-refractivity contribution < 1.29 is 4.79 Å². The van der Waals surface area contributed by atoms with E-state index < -0.39 is 0 Å². The smallest absolute Gasteiger partial charge is 0.250 e. The van der Waals surface area contributed by atoms with E-state index in [9.17, 15) is 4.79 Å². The quantitative estimate of drug-likeness (QED) is 0.412. The molecule has 0 spiro atoms. The maximum atomic E-state index is 13.0. The second-order valence-electron chi connectivity index (χ2n) is 7.56. The topological polar surface area (TPSA) is 20.3 Å². The Balaban J connectivity index is 2.79. The van der Waals surface area contributed by atoms with Crippen molar-refractivity contribution in [2.24, 2.45) is 0 Å². The van der Waals surface area contributed by atoms with Gasteiger partial charge in [0.05, 0.1) is 0 Å². The van der Waals surface area contributed by atoms with Crippen LogP contribution < -0.4 is 0 Å². The van der Waals surface area contributed by atoms with Crippen LogP contribution in [-0.2, 0) is 4.79 Å². The molecular formula is C21H39NO. The van der Waals surface area contributed by atoms with Gasteiger partial charge in [0.2, 0.25) is 5.91 Å². The van der Waals surface area contributed by atoms with E-state index in [-0.39, 0.29) is 0 Å². The highest BCUT2D eigenvalue weighted by Gasteiger charge is 2.32.